The lowest BCUT2D eigenvalue weighted by atomic mass is 9.96. The second kappa shape index (κ2) is 25.2. The number of phosphoric ester groups is 1. The van der Waals surface area contributed by atoms with E-state index < -0.39 is 51.1 Å². The van der Waals surface area contributed by atoms with E-state index in [9.17, 15) is 30.2 Å². The number of nitriles is 2. The molecule has 1 aliphatic rings. The van der Waals surface area contributed by atoms with Crippen LogP contribution in [0.5, 0.6) is 5.75 Å². The number of unbranched alkanes of at least 4 members (excludes halogenated alkanes) is 15. The minimum atomic E-state index is -4.88. The summed E-state index contributed by atoms with van der Waals surface area (Å²) in [5.41, 5.74) is 5.40. The van der Waals surface area contributed by atoms with Gasteiger partial charge in [-0.15, -0.1) is 0 Å². The number of aliphatic hydroxyl groups is 2. The van der Waals surface area contributed by atoms with Gasteiger partial charge in [0.1, 0.15) is 60.8 Å². The molecule has 326 valence electrons. The third kappa shape index (κ3) is 14.8. The number of nitrogen functional groups attached to an aromatic ring is 1. The van der Waals surface area contributed by atoms with Crippen LogP contribution < -0.4 is 10.5 Å². The summed E-state index contributed by atoms with van der Waals surface area (Å²) >= 11 is 0. The van der Waals surface area contributed by atoms with Gasteiger partial charge in [-0.25, -0.2) is 14.1 Å². The molecular weight excluding hydrogens is 779 g/mol. The Hall–Kier alpha value is -3.67. The van der Waals surface area contributed by atoms with Gasteiger partial charge in [-0.05, 0) is 36.2 Å². The number of hydrogen-bond donors (Lipinski definition) is 4. The van der Waals surface area contributed by atoms with Crippen molar-refractivity contribution < 1.29 is 47.7 Å². The van der Waals surface area contributed by atoms with E-state index in [0.717, 1.165) is 19.3 Å². The summed E-state index contributed by atoms with van der Waals surface area (Å²) in [4.78, 5) is 14.6. The molecule has 6 atom stereocenters. The molecule has 2 aromatic heterocycles. The topological polar surface area (TPSA) is 237 Å². The molecule has 16 nitrogen and oxygen atoms in total. The first-order valence-corrected chi connectivity index (χ1v) is 22.5. The maximum Gasteiger partial charge on any atom is 0.472 e. The van der Waals surface area contributed by atoms with Gasteiger partial charge in [0.2, 0.25) is 5.60 Å². The Morgan fingerprint density at radius 3 is 2.19 bits per heavy atom. The minimum Gasteiger partial charge on any atom is -0.495 e. The van der Waals surface area contributed by atoms with Crippen molar-refractivity contribution in [1.82, 2.24) is 14.6 Å². The number of aliphatic hydroxyl groups excluding tert-OH is 2. The summed E-state index contributed by atoms with van der Waals surface area (Å²) in [6.45, 7) is 1.48. The Morgan fingerprint density at radius 1 is 0.932 bits per heavy atom. The molecule has 1 saturated heterocycles. The maximum absolute atomic E-state index is 13.1. The van der Waals surface area contributed by atoms with Crippen LogP contribution in [0, 0.1) is 22.7 Å². The molecule has 1 unspecified atom stereocenters. The molecule has 0 spiro atoms. The number of anilines is 1. The second-order valence-electron chi connectivity index (χ2n) is 15.2. The first kappa shape index (κ1) is 48.0. The van der Waals surface area contributed by atoms with Gasteiger partial charge in [-0.3, -0.25) is 9.05 Å². The van der Waals surface area contributed by atoms with Gasteiger partial charge < -0.3 is 39.8 Å². The minimum absolute atomic E-state index is 0.0450. The summed E-state index contributed by atoms with van der Waals surface area (Å²) in [6.07, 6.45) is 15.9. The lowest BCUT2D eigenvalue weighted by Crippen LogP contribution is -2.45. The third-order valence-electron chi connectivity index (χ3n) is 10.6. The Balaban J connectivity index is 1.22. The molecule has 59 heavy (non-hydrogen) atoms. The Labute approximate surface area is 348 Å². The molecule has 0 radical (unpaired) electrons. The monoisotopic (exact) mass is 842 g/mol. The molecule has 1 fully saturated rings. The normalized spacial score (nSPS) is 20.6. The highest BCUT2D eigenvalue weighted by atomic mass is 31.2. The third-order valence-corrected chi connectivity index (χ3v) is 11.6. The number of rotatable bonds is 30. The standard InChI is InChI=1S/C42H63N6O10P/c1-3-4-5-6-7-8-9-10-11-12-13-14-15-16-17-18-23-54-27-34(55-26-32-19-20-33(25-43)37(24-32)53-2)28-56-59(51,52)57-30-42(29-44)40(50)38(49)39(58-42)35-21-22-36-41(45)46-31-47-48(35)36/h19-22,24,31,34,38-40,49-50H,3-18,23,26-28,30H2,1-2H3,(H,51,52)(H2,45,46,47)/t34-,38+,39+,40+,42-/m1/s1. The highest BCUT2D eigenvalue weighted by molar-refractivity contribution is 7.47. The van der Waals surface area contributed by atoms with Crippen LogP contribution in [0.1, 0.15) is 133 Å². The lowest BCUT2D eigenvalue weighted by Gasteiger charge is -2.26. The summed E-state index contributed by atoms with van der Waals surface area (Å²) < 4.78 is 48.1. The molecule has 1 aliphatic heterocycles. The highest BCUT2D eigenvalue weighted by Gasteiger charge is 2.57. The van der Waals surface area contributed by atoms with Crippen molar-refractivity contribution in [2.75, 3.05) is 39.3 Å². The van der Waals surface area contributed by atoms with Crippen molar-refractivity contribution in [2.24, 2.45) is 0 Å². The smallest absolute Gasteiger partial charge is 0.472 e. The molecule has 3 heterocycles. The van der Waals surface area contributed by atoms with Crippen LogP contribution >= 0.6 is 7.82 Å². The second-order valence-corrected chi connectivity index (χ2v) is 16.6. The quantitative estimate of drug-likeness (QED) is 0.0382. The number of ether oxygens (including phenoxy) is 4. The number of hydrogen-bond acceptors (Lipinski definition) is 14. The molecule has 3 aromatic rings. The van der Waals surface area contributed by atoms with E-state index in [1.807, 2.05) is 0 Å². The van der Waals surface area contributed by atoms with Crippen LogP contribution in [0.15, 0.2) is 36.7 Å². The predicted molar refractivity (Wildman–Crippen MR) is 220 cm³/mol. The molecule has 0 amide bonds. The molecule has 4 rings (SSSR count). The average Bonchev–Trinajstić information content (AvgIpc) is 3.78. The van der Waals surface area contributed by atoms with Crippen LogP contribution in [0.3, 0.4) is 0 Å². The van der Waals surface area contributed by atoms with Crippen LogP contribution in [-0.2, 0) is 34.4 Å². The summed E-state index contributed by atoms with van der Waals surface area (Å²) in [6, 6.07) is 12.0. The van der Waals surface area contributed by atoms with Crippen LogP contribution in [0.4, 0.5) is 5.82 Å². The zero-order valence-corrected chi connectivity index (χ0v) is 35.5. The number of phosphoric acid groups is 1. The van der Waals surface area contributed by atoms with E-state index in [2.05, 4.69) is 23.1 Å². The highest BCUT2D eigenvalue weighted by Crippen LogP contribution is 2.47. The van der Waals surface area contributed by atoms with E-state index in [1.165, 1.54) is 101 Å². The van der Waals surface area contributed by atoms with Crippen molar-refractivity contribution in [1.29, 1.82) is 10.5 Å². The van der Waals surface area contributed by atoms with Gasteiger partial charge in [-0.1, -0.05) is 109 Å². The van der Waals surface area contributed by atoms with Crippen molar-refractivity contribution >= 4 is 19.2 Å². The first-order chi connectivity index (χ1) is 28.6. The van der Waals surface area contributed by atoms with Gasteiger partial charge in [0, 0.05) is 6.61 Å². The molecule has 0 bridgehead atoms. The first-order valence-electron chi connectivity index (χ1n) is 21.0. The fraction of sp³-hybridized carbons (Fsp3) is 0.667. The Kier molecular flexibility index (Phi) is 20.5. The van der Waals surface area contributed by atoms with E-state index in [4.69, 9.17) is 33.7 Å². The number of nitrogens with two attached hydrogens (primary N) is 1. The Bertz CT molecular complexity index is 1840. The van der Waals surface area contributed by atoms with Gasteiger partial charge in [0.15, 0.2) is 5.82 Å². The number of aromatic nitrogens is 3. The molecule has 17 heteroatoms. The number of methoxy groups -OCH3 is 1. The average molecular weight is 843 g/mol. The van der Waals surface area contributed by atoms with Crippen LogP contribution in [0.25, 0.3) is 5.52 Å². The molecule has 1 aromatic carbocycles. The molecule has 0 saturated carbocycles. The van der Waals surface area contributed by atoms with E-state index in [0.29, 0.717) is 29.0 Å². The van der Waals surface area contributed by atoms with Crippen molar-refractivity contribution in [3.8, 4) is 17.9 Å². The lowest BCUT2D eigenvalue weighted by molar-refractivity contribution is -0.0790. The number of nitrogens with zero attached hydrogens (tertiary/aromatic N) is 5. The summed E-state index contributed by atoms with van der Waals surface area (Å²) in [7, 11) is -3.42. The SMILES string of the molecule is CCCCCCCCCCCCCCCCCCOC[C@H](COP(=O)(O)OC[C@@]1(C#N)O[C@@H](c2ccc3c(N)ncnn23)[C@H](O)[C@@H]1O)OCc1ccc(C#N)c(OC)c1. The summed E-state index contributed by atoms with van der Waals surface area (Å²) in [5, 5.41) is 45.4. The van der Waals surface area contributed by atoms with Gasteiger partial charge in [-0.2, -0.15) is 15.6 Å². The number of benzene rings is 1. The van der Waals surface area contributed by atoms with Gasteiger partial charge in [0.05, 0.1) is 38.2 Å². The van der Waals surface area contributed by atoms with Crippen molar-refractivity contribution in [3.05, 3.63) is 53.5 Å². The fourth-order valence-corrected chi connectivity index (χ4v) is 7.89. The van der Waals surface area contributed by atoms with E-state index >= 15 is 0 Å². The maximum atomic E-state index is 13.1. The molecule has 5 N–H and O–H groups in total. The van der Waals surface area contributed by atoms with Gasteiger partial charge in [0.25, 0.3) is 0 Å². The zero-order valence-electron chi connectivity index (χ0n) is 34.6. The van der Waals surface area contributed by atoms with Crippen LogP contribution in [-0.4, -0.2) is 87.2 Å². The van der Waals surface area contributed by atoms with Gasteiger partial charge >= 0.3 is 7.82 Å². The fourth-order valence-electron chi connectivity index (χ4n) is 7.11. The van der Waals surface area contributed by atoms with E-state index in [1.54, 1.807) is 36.4 Å². The van der Waals surface area contributed by atoms with E-state index in [-0.39, 0.29) is 24.7 Å². The van der Waals surface area contributed by atoms with Crippen molar-refractivity contribution in [2.45, 2.75) is 146 Å². The Morgan fingerprint density at radius 2 is 1.58 bits per heavy atom. The predicted octanol–water partition coefficient (Wildman–Crippen LogP) is 7.24. The van der Waals surface area contributed by atoms with Crippen LogP contribution in [0.2, 0.25) is 0 Å². The van der Waals surface area contributed by atoms with Crippen molar-refractivity contribution in [3.63, 3.8) is 0 Å². The number of fused-ring (bicyclic) bond motifs is 1. The largest absolute Gasteiger partial charge is 0.495 e. The molecular formula is C42H63N6O10P. The molecule has 0 aliphatic carbocycles. The zero-order chi connectivity index (χ0) is 42.5. The summed E-state index contributed by atoms with van der Waals surface area (Å²) in [5.74, 6) is 0.545.